The van der Waals surface area contributed by atoms with Crippen LogP contribution in [0.1, 0.15) is 43.5 Å². The van der Waals surface area contributed by atoms with Crippen molar-refractivity contribution >= 4 is 29.0 Å². The second-order valence-electron chi connectivity index (χ2n) is 7.07. The van der Waals surface area contributed by atoms with Crippen molar-refractivity contribution in [3.63, 3.8) is 0 Å². The van der Waals surface area contributed by atoms with Crippen molar-refractivity contribution in [2.24, 2.45) is 0 Å². The first-order chi connectivity index (χ1) is 11.6. The van der Waals surface area contributed by atoms with Crippen LogP contribution in [0.15, 0.2) is 35.0 Å². The molecular formula is C19H24N2O3S. The summed E-state index contributed by atoms with van der Waals surface area (Å²) in [5.74, 6) is -0.362. The molecule has 2 N–H and O–H groups in total. The fourth-order valence-corrected chi connectivity index (χ4v) is 3.34. The maximum atomic E-state index is 13.0. The molecule has 1 unspecified atom stereocenters. The van der Waals surface area contributed by atoms with E-state index in [4.69, 9.17) is 0 Å². The zero-order valence-corrected chi connectivity index (χ0v) is 16.0. The Morgan fingerprint density at radius 1 is 1.16 bits per heavy atom. The highest BCUT2D eigenvalue weighted by atomic mass is 32.1. The molecule has 1 atom stereocenters. The van der Waals surface area contributed by atoms with E-state index < -0.39 is 17.7 Å². The lowest BCUT2D eigenvalue weighted by Crippen LogP contribution is -2.50. The first kappa shape index (κ1) is 19.0. The lowest BCUT2D eigenvalue weighted by atomic mass is 9.99. The van der Waals surface area contributed by atoms with E-state index in [-0.39, 0.29) is 5.91 Å². The van der Waals surface area contributed by atoms with E-state index in [1.165, 1.54) is 16.2 Å². The fourth-order valence-electron chi connectivity index (χ4n) is 2.66. The molecule has 2 aromatic rings. The minimum Gasteiger partial charge on any atom is -0.465 e. The number of nitrogens with zero attached hydrogens (tertiary/aromatic N) is 1. The quantitative estimate of drug-likeness (QED) is 0.821. The molecule has 0 radical (unpaired) electrons. The third-order valence-electron chi connectivity index (χ3n) is 4.07. The molecule has 0 bridgehead atoms. The topological polar surface area (TPSA) is 69.6 Å². The number of hydrogen-bond acceptors (Lipinski definition) is 3. The Hall–Kier alpha value is -2.34. The summed E-state index contributed by atoms with van der Waals surface area (Å²) in [6.45, 7) is 9.32. The summed E-state index contributed by atoms with van der Waals surface area (Å²) in [6, 6.07) is 6.53. The summed E-state index contributed by atoms with van der Waals surface area (Å²) in [7, 11) is 0. The average molecular weight is 360 g/mol. The van der Waals surface area contributed by atoms with Crippen LogP contribution in [0.5, 0.6) is 0 Å². The predicted octanol–water partition coefficient (Wildman–Crippen LogP) is 4.82. The Morgan fingerprint density at radius 2 is 1.84 bits per heavy atom. The Balaban J connectivity index is 2.40. The lowest BCUT2D eigenvalue weighted by molar-refractivity contribution is -0.122. The molecule has 1 aromatic heterocycles. The van der Waals surface area contributed by atoms with Crippen molar-refractivity contribution in [3.8, 4) is 0 Å². The van der Waals surface area contributed by atoms with Crippen molar-refractivity contribution in [2.45, 2.75) is 46.2 Å². The molecule has 0 saturated carbocycles. The van der Waals surface area contributed by atoms with Gasteiger partial charge >= 0.3 is 6.09 Å². The SMILES string of the molecule is Cc1ccc(NC(=O)C(c2ccsc2)N(C(=O)O)C(C)(C)C)cc1C. The van der Waals surface area contributed by atoms with Gasteiger partial charge in [-0.25, -0.2) is 4.79 Å². The van der Waals surface area contributed by atoms with Crippen molar-refractivity contribution < 1.29 is 14.7 Å². The van der Waals surface area contributed by atoms with Crippen LogP contribution in [0.3, 0.4) is 0 Å². The first-order valence-electron chi connectivity index (χ1n) is 8.03. The molecule has 0 aliphatic rings. The van der Waals surface area contributed by atoms with E-state index >= 15 is 0 Å². The minimum atomic E-state index is -1.13. The molecule has 6 heteroatoms. The summed E-state index contributed by atoms with van der Waals surface area (Å²) in [5, 5.41) is 16.2. The molecule has 2 amide bonds. The molecule has 5 nitrogen and oxygen atoms in total. The number of hydrogen-bond donors (Lipinski definition) is 2. The molecule has 2 rings (SSSR count). The molecule has 134 valence electrons. The number of rotatable bonds is 4. The summed E-state index contributed by atoms with van der Waals surface area (Å²) < 4.78 is 0. The number of thiophene rings is 1. The number of nitrogens with one attached hydrogen (secondary N) is 1. The van der Waals surface area contributed by atoms with Gasteiger partial charge in [-0.15, -0.1) is 0 Å². The van der Waals surface area contributed by atoms with Crippen molar-refractivity contribution in [2.75, 3.05) is 5.32 Å². The second-order valence-corrected chi connectivity index (χ2v) is 7.85. The monoisotopic (exact) mass is 360 g/mol. The van der Waals surface area contributed by atoms with Gasteiger partial charge in [-0.3, -0.25) is 9.69 Å². The molecule has 1 heterocycles. The minimum absolute atomic E-state index is 0.362. The van der Waals surface area contributed by atoms with Crippen molar-refractivity contribution in [1.29, 1.82) is 0 Å². The largest absolute Gasteiger partial charge is 0.465 e. The molecule has 0 aliphatic carbocycles. The highest BCUT2D eigenvalue weighted by Crippen LogP contribution is 2.31. The second kappa shape index (κ2) is 7.27. The van der Waals surface area contributed by atoms with Gasteiger partial charge in [0.25, 0.3) is 5.91 Å². The Labute approximate surface area is 152 Å². The molecule has 0 fully saturated rings. The van der Waals surface area contributed by atoms with Crippen molar-refractivity contribution in [1.82, 2.24) is 4.90 Å². The highest BCUT2D eigenvalue weighted by molar-refractivity contribution is 7.08. The van der Waals surface area contributed by atoms with Gasteiger partial charge in [0.2, 0.25) is 0 Å². The van der Waals surface area contributed by atoms with E-state index in [2.05, 4.69) is 5.32 Å². The van der Waals surface area contributed by atoms with Crippen LogP contribution in [0.2, 0.25) is 0 Å². The van der Waals surface area contributed by atoms with Gasteiger partial charge in [0.1, 0.15) is 6.04 Å². The normalized spacial score (nSPS) is 12.5. The molecule has 0 saturated heterocycles. The Kier molecular flexibility index (Phi) is 5.52. The van der Waals surface area contributed by atoms with Crippen molar-refractivity contribution in [3.05, 3.63) is 51.7 Å². The Bertz CT molecular complexity index is 763. The molecule has 0 spiro atoms. The van der Waals surface area contributed by atoms with E-state index in [0.29, 0.717) is 11.3 Å². The van der Waals surface area contributed by atoms with Crippen LogP contribution in [0.25, 0.3) is 0 Å². The van der Waals surface area contributed by atoms with Gasteiger partial charge in [0, 0.05) is 11.2 Å². The fraction of sp³-hybridized carbons (Fsp3) is 0.368. The van der Waals surface area contributed by atoms with Crippen LogP contribution >= 0.6 is 11.3 Å². The maximum absolute atomic E-state index is 13.0. The molecule has 25 heavy (non-hydrogen) atoms. The van der Waals surface area contributed by atoms with E-state index in [0.717, 1.165) is 11.1 Å². The first-order valence-corrected chi connectivity index (χ1v) is 8.98. The van der Waals surface area contributed by atoms with Gasteiger partial charge in [-0.1, -0.05) is 6.07 Å². The number of aryl methyl sites for hydroxylation is 2. The molecule has 1 aromatic carbocycles. The van der Waals surface area contributed by atoms with Gasteiger partial charge in [-0.05, 0) is 80.3 Å². The third-order valence-corrected chi connectivity index (χ3v) is 4.77. The number of amides is 2. The smallest absolute Gasteiger partial charge is 0.408 e. The van der Waals surface area contributed by atoms with Gasteiger partial charge < -0.3 is 10.4 Å². The molecular weight excluding hydrogens is 336 g/mol. The Morgan fingerprint density at radius 3 is 2.32 bits per heavy atom. The van der Waals surface area contributed by atoms with Gasteiger partial charge in [0.15, 0.2) is 0 Å². The summed E-state index contributed by atoms with van der Waals surface area (Å²) in [5.41, 5.74) is 2.81. The third kappa shape index (κ3) is 4.39. The predicted molar refractivity (Wildman–Crippen MR) is 101 cm³/mol. The summed E-state index contributed by atoms with van der Waals surface area (Å²) >= 11 is 1.44. The maximum Gasteiger partial charge on any atom is 0.408 e. The van der Waals surface area contributed by atoms with Crippen LogP contribution < -0.4 is 5.32 Å². The number of carbonyl (C=O) groups is 2. The zero-order valence-electron chi connectivity index (χ0n) is 15.2. The van der Waals surface area contributed by atoms with E-state index in [9.17, 15) is 14.7 Å². The van der Waals surface area contributed by atoms with Crippen LogP contribution in [-0.2, 0) is 4.79 Å². The van der Waals surface area contributed by atoms with Crippen LogP contribution in [0, 0.1) is 13.8 Å². The number of carbonyl (C=O) groups excluding carboxylic acids is 1. The van der Waals surface area contributed by atoms with E-state index in [1.54, 1.807) is 26.8 Å². The number of benzene rings is 1. The standard InChI is InChI=1S/C19H24N2O3S/c1-12-6-7-15(10-13(12)2)20-17(22)16(14-8-9-25-11-14)21(18(23)24)19(3,4)5/h6-11,16H,1-5H3,(H,20,22)(H,23,24). The van der Waals surface area contributed by atoms with Gasteiger partial charge in [-0.2, -0.15) is 11.3 Å². The molecule has 0 aliphatic heterocycles. The highest BCUT2D eigenvalue weighted by Gasteiger charge is 2.38. The van der Waals surface area contributed by atoms with Crippen LogP contribution in [-0.4, -0.2) is 27.5 Å². The van der Waals surface area contributed by atoms with Crippen LogP contribution in [0.4, 0.5) is 10.5 Å². The summed E-state index contributed by atoms with van der Waals surface area (Å²) in [4.78, 5) is 26.1. The van der Waals surface area contributed by atoms with E-state index in [1.807, 2.05) is 42.8 Å². The lowest BCUT2D eigenvalue weighted by Gasteiger charge is -2.38. The number of carboxylic acid groups (broad SMARTS) is 1. The summed E-state index contributed by atoms with van der Waals surface area (Å²) in [6.07, 6.45) is -1.13. The zero-order chi connectivity index (χ0) is 18.8. The average Bonchev–Trinajstić information content (AvgIpc) is 3.00. The van der Waals surface area contributed by atoms with Gasteiger partial charge in [0.05, 0.1) is 0 Å². The number of anilines is 1.